The first-order valence-corrected chi connectivity index (χ1v) is 6.09. The van der Waals surface area contributed by atoms with E-state index in [0.717, 1.165) is 10.0 Å². The SMILES string of the molecule is Cc1cc(Br)cnc1N(C)C(=O)OC(C)(C)C. The van der Waals surface area contributed by atoms with Gasteiger partial charge in [0.2, 0.25) is 0 Å². The van der Waals surface area contributed by atoms with Gasteiger partial charge in [-0.1, -0.05) is 0 Å². The Labute approximate surface area is 110 Å². The maximum absolute atomic E-state index is 11.8. The summed E-state index contributed by atoms with van der Waals surface area (Å²) in [6.45, 7) is 7.40. The molecule has 0 aliphatic carbocycles. The van der Waals surface area contributed by atoms with Gasteiger partial charge < -0.3 is 4.74 Å². The van der Waals surface area contributed by atoms with Gasteiger partial charge in [-0.05, 0) is 55.3 Å². The van der Waals surface area contributed by atoms with E-state index < -0.39 is 11.7 Å². The molecule has 1 heterocycles. The van der Waals surface area contributed by atoms with Crippen LogP contribution in [0.5, 0.6) is 0 Å². The molecule has 0 saturated heterocycles. The number of pyridine rings is 1. The van der Waals surface area contributed by atoms with Crippen molar-refractivity contribution in [3.05, 3.63) is 22.3 Å². The molecule has 1 aromatic heterocycles. The van der Waals surface area contributed by atoms with Crippen LogP contribution in [0.25, 0.3) is 0 Å². The lowest BCUT2D eigenvalue weighted by Crippen LogP contribution is -2.34. The minimum absolute atomic E-state index is 0.407. The van der Waals surface area contributed by atoms with Gasteiger partial charge in [0.1, 0.15) is 11.4 Å². The van der Waals surface area contributed by atoms with Crippen molar-refractivity contribution in [3.8, 4) is 0 Å². The Morgan fingerprint density at radius 3 is 2.53 bits per heavy atom. The summed E-state index contributed by atoms with van der Waals surface area (Å²) >= 11 is 3.33. The highest BCUT2D eigenvalue weighted by atomic mass is 79.9. The molecule has 0 radical (unpaired) electrons. The molecule has 0 spiro atoms. The zero-order chi connectivity index (χ0) is 13.2. The number of rotatable bonds is 1. The number of anilines is 1. The van der Waals surface area contributed by atoms with Gasteiger partial charge in [-0.25, -0.2) is 9.78 Å². The van der Waals surface area contributed by atoms with Crippen LogP contribution in [0.4, 0.5) is 10.6 Å². The largest absolute Gasteiger partial charge is 0.443 e. The average molecular weight is 301 g/mol. The van der Waals surface area contributed by atoms with Gasteiger partial charge in [0.25, 0.3) is 0 Å². The second-order valence-corrected chi connectivity index (χ2v) is 5.75. The third-order valence-electron chi connectivity index (χ3n) is 2.00. The summed E-state index contributed by atoms with van der Waals surface area (Å²) in [6.07, 6.45) is 1.25. The summed E-state index contributed by atoms with van der Waals surface area (Å²) in [5, 5.41) is 0. The highest BCUT2D eigenvalue weighted by molar-refractivity contribution is 9.10. The molecule has 0 unspecified atom stereocenters. The number of carbonyl (C=O) groups is 1. The lowest BCUT2D eigenvalue weighted by Gasteiger charge is -2.24. The van der Waals surface area contributed by atoms with Crippen molar-refractivity contribution >= 4 is 27.8 Å². The van der Waals surface area contributed by atoms with Gasteiger partial charge in [-0.2, -0.15) is 0 Å². The van der Waals surface area contributed by atoms with E-state index in [1.807, 2.05) is 33.8 Å². The van der Waals surface area contributed by atoms with Crippen molar-refractivity contribution in [2.45, 2.75) is 33.3 Å². The van der Waals surface area contributed by atoms with E-state index in [1.165, 1.54) is 4.90 Å². The Morgan fingerprint density at radius 2 is 2.06 bits per heavy atom. The highest BCUT2D eigenvalue weighted by Crippen LogP contribution is 2.21. The fraction of sp³-hybridized carbons (Fsp3) is 0.500. The fourth-order valence-electron chi connectivity index (χ4n) is 1.30. The van der Waals surface area contributed by atoms with Crippen molar-refractivity contribution < 1.29 is 9.53 Å². The number of aryl methyl sites for hydroxylation is 1. The van der Waals surface area contributed by atoms with E-state index in [4.69, 9.17) is 4.74 Å². The molecule has 0 fully saturated rings. The first kappa shape index (κ1) is 14.0. The van der Waals surface area contributed by atoms with Crippen LogP contribution in [0.15, 0.2) is 16.7 Å². The first-order chi connectivity index (χ1) is 7.70. The van der Waals surface area contributed by atoms with E-state index in [1.54, 1.807) is 13.2 Å². The summed E-state index contributed by atoms with van der Waals surface area (Å²) < 4.78 is 6.16. The number of hydrogen-bond acceptors (Lipinski definition) is 3. The zero-order valence-electron chi connectivity index (χ0n) is 10.7. The lowest BCUT2D eigenvalue weighted by molar-refractivity contribution is 0.0588. The second-order valence-electron chi connectivity index (χ2n) is 4.83. The molecule has 94 valence electrons. The Hall–Kier alpha value is -1.10. The molecule has 5 heteroatoms. The third kappa shape index (κ3) is 4.00. The van der Waals surface area contributed by atoms with E-state index in [-0.39, 0.29) is 0 Å². The molecule has 0 aromatic carbocycles. The number of amides is 1. The van der Waals surface area contributed by atoms with Crippen molar-refractivity contribution in [2.24, 2.45) is 0 Å². The average Bonchev–Trinajstić information content (AvgIpc) is 2.14. The van der Waals surface area contributed by atoms with E-state index in [2.05, 4.69) is 20.9 Å². The number of nitrogens with zero attached hydrogens (tertiary/aromatic N) is 2. The van der Waals surface area contributed by atoms with Crippen LogP contribution in [0.3, 0.4) is 0 Å². The topological polar surface area (TPSA) is 42.4 Å². The smallest absolute Gasteiger partial charge is 0.415 e. The Balaban J connectivity index is 2.89. The predicted molar refractivity (Wildman–Crippen MR) is 71.3 cm³/mol. The Bertz CT molecular complexity index is 427. The standard InChI is InChI=1S/C12H17BrN2O2/c1-8-6-9(13)7-14-10(8)15(5)11(16)17-12(2,3)4/h6-7H,1-5H3. The van der Waals surface area contributed by atoms with E-state index in [9.17, 15) is 4.79 Å². The van der Waals surface area contributed by atoms with Gasteiger partial charge >= 0.3 is 6.09 Å². The number of carbonyl (C=O) groups excluding carboxylic acids is 1. The molecule has 4 nitrogen and oxygen atoms in total. The molecule has 1 aromatic rings. The lowest BCUT2D eigenvalue weighted by atomic mass is 10.2. The molecule has 17 heavy (non-hydrogen) atoms. The normalized spacial score (nSPS) is 11.2. The van der Waals surface area contributed by atoms with Crippen LogP contribution in [-0.4, -0.2) is 23.7 Å². The first-order valence-electron chi connectivity index (χ1n) is 5.29. The number of hydrogen-bond donors (Lipinski definition) is 0. The van der Waals surface area contributed by atoms with E-state index >= 15 is 0 Å². The van der Waals surface area contributed by atoms with Crippen LogP contribution < -0.4 is 4.90 Å². The minimum Gasteiger partial charge on any atom is -0.443 e. The van der Waals surface area contributed by atoms with Crippen LogP contribution in [0.1, 0.15) is 26.3 Å². The molecule has 0 bridgehead atoms. The fourth-order valence-corrected chi connectivity index (χ4v) is 1.75. The molecule has 0 N–H and O–H groups in total. The molecule has 0 aliphatic heterocycles. The summed E-state index contributed by atoms with van der Waals surface area (Å²) in [5.74, 6) is 0.599. The van der Waals surface area contributed by atoms with Crippen molar-refractivity contribution in [1.29, 1.82) is 0 Å². The van der Waals surface area contributed by atoms with Crippen LogP contribution in [0, 0.1) is 6.92 Å². The molecule has 1 rings (SSSR count). The van der Waals surface area contributed by atoms with E-state index in [0.29, 0.717) is 5.82 Å². The van der Waals surface area contributed by atoms with Crippen molar-refractivity contribution in [2.75, 3.05) is 11.9 Å². The molecular formula is C12H17BrN2O2. The molecule has 0 atom stereocenters. The molecule has 1 amide bonds. The Morgan fingerprint density at radius 1 is 1.47 bits per heavy atom. The maximum Gasteiger partial charge on any atom is 0.415 e. The Kier molecular flexibility index (Phi) is 4.14. The highest BCUT2D eigenvalue weighted by Gasteiger charge is 2.22. The molecule has 0 saturated carbocycles. The van der Waals surface area contributed by atoms with Gasteiger partial charge in [0.05, 0.1) is 0 Å². The second kappa shape index (κ2) is 5.04. The van der Waals surface area contributed by atoms with Crippen LogP contribution in [-0.2, 0) is 4.74 Å². The summed E-state index contributed by atoms with van der Waals surface area (Å²) in [7, 11) is 1.65. The zero-order valence-corrected chi connectivity index (χ0v) is 12.3. The van der Waals surface area contributed by atoms with Gasteiger partial charge in [0, 0.05) is 17.7 Å². The van der Waals surface area contributed by atoms with Crippen LogP contribution in [0.2, 0.25) is 0 Å². The molecular weight excluding hydrogens is 284 g/mol. The molecule has 0 aliphatic rings. The van der Waals surface area contributed by atoms with Crippen LogP contribution >= 0.6 is 15.9 Å². The van der Waals surface area contributed by atoms with Gasteiger partial charge in [-0.15, -0.1) is 0 Å². The summed E-state index contributed by atoms with van der Waals surface area (Å²) in [5.41, 5.74) is 0.405. The number of ether oxygens (including phenoxy) is 1. The minimum atomic E-state index is -0.505. The van der Waals surface area contributed by atoms with Gasteiger partial charge in [-0.3, -0.25) is 4.90 Å². The summed E-state index contributed by atoms with van der Waals surface area (Å²) in [6, 6.07) is 1.91. The monoisotopic (exact) mass is 300 g/mol. The maximum atomic E-state index is 11.8. The van der Waals surface area contributed by atoms with Crippen molar-refractivity contribution in [1.82, 2.24) is 4.98 Å². The quantitative estimate of drug-likeness (QED) is 0.797. The van der Waals surface area contributed by atoms with Gasteiger partial charge in [0.15, 0.2) is 0 Å². The van der Waals surface area contributed by atoms with Crippen molar-refractivity contribution in [3.63, 3.8) is 0 Å². The number of halogens is 1. The predicted octanol–water partition coefficient (Wildman–Crippen LogP) is 3.52. The third-order valence-corrected chi connectivity index (χ3v) is 2.44. The number of aromatic nitrogens is 1. The summed E-state index contributed by atoms with van der Waals surface area (Å²) in [4.78, 5) is 17.5.